The number of carbonyl (C=O) groups is 1. The summed E-state index contributed by atoms with van der Waals surface area (Å²) in [5, 5.41) is -0.0300. The fourth-order valence-corrected chi connectivity index (χ4v) is 2.59. The summed E-state index contributed by atoms with van der Waals surface area (Å²) in [7, 11) is 0. The molecule has 1 heterocycles. The third-order valence-electron chi connectivity index (χ3n) is 3.73. The molecule has 0 bridgehead atoms. The number of hydrogen-bond donors (Lipinski definition) is 0. The van der Waals surface area contributed by atoms with Crippen LogP contribution in [0.4, 0.5) is 4.39 Å². The molecule has 2 aromatic carbocycles. The highest BCUT2D eigenvalue weighted by molar-refractivity contribution is 6.31. The number of rotatable bonds is 4. The van der Waals surface area contributed by atoms with Crippen molar-refractivity contribution in [2.75, 3.05) is 13.1 Å². The molecule has 108 valence electrons. The van der Waals surface area contributed by atoms with E-state index in [0.29, 0.717) is 11.1 Å². The van der Waals surface area contributed by atoms with Crippen molar-refractivity contribution in [3.05, 3.63) is 70.0 Å². The highest BCUT2D eigenvalue weighted by Gasteiger charge is 2.15. The molecule has 4 heteroatoms. The molecule has 0 radical (unpaired) electrons. The van der Waals surface area contributed by atoms with Crippen molar-refractivity contribution in [3.8, 4) is 0 Å². The average molecular weight is 304 g/mol. The fraction of sp³-hybridized carbons (Fsp3) is 0.235. The maximum absolute atomic E-state index is 13.2. The highest BCUT2D eigenvalue weighted by Crippen LogP contribution is 2.20. The van der Waals surface area contributed by atoms with Gasteiger partial charge in [-0.05, 0) is 49.3 Å². The average Bonchev–Trinajstić information content (AvgIpc) is 2.45. The van der Waals surface area contributed by atoms with Crippen molar-refractivity contribution in [2.24, 2.45) is 0 Å². The van der Waals surface area contributed by atoms with Crippen LogP contribution in [-0.4, -0.2) is 23.8 Å². The van der Waals surface area contributed by atoms with E-state index in [1.165, 1.54) is 24.6 Å². The van der Waals surface area contributed by atoms with Crippen molar-refractivity contribution in [2.45, 2.75) is 13.0 Å². The molecule has 0 aliphatic carbocycles. The predicted octanol–water partition coefficient (Wildman–Crippen LogP) is 3.92. The molecule has 0 spiro atoms. The van der Waals surface area contributed by atoms with E-state index in [-0.39, 0.29) is 10.8 Å². The molecule has 21 heavy (non-hydrogen) atoms. The van der Waals surface area contributed by atoms with Crippen LogP contribution in [0.5, 0.6) is 0 Å². The van der Waals surface area contributed by atoms with Crippen LogP contribution >= 0.6 is 11.6 Å². The first-order valence-electron chi connectivity index (χ1n) is 6.94. The van der Waals surface area contributed by atoms with E-state index in [0.717, 1.165) is 25.2 Å². The summed E-state index contributed by atoms with van der Waals surface area (Å²) >= 11 is 5.74. The van der Waals surface area contributed by atoms with E-state index in [1.807, 2.05) is 18.2 Å². The van der Waals surface area contributed by atoms with Gasteiger partial charge in [-0.25, -0.2) is 4.39 Å². The van der Waals surface area contributed by atoms with Crippen LogP contribution in [0.1, 0.15) is 27.9 Å². The van der Waals surface area contributed by atoms with Crippen molar-refractivity contribution in [1.82, 2.24) is 4.90 Å². The summed E-state index contributed by atoms with van der Waals surface area (Å²) < 4.78 is 13.2. The minimum atomic E-state index is -0.514. The Labute approximate surface area is 128 Å². The standard InChI is InChI=1S/C17H15ClFNO/c18-15-10-14(5-6-16(15)19)17(21)13-4-1-3-12(9-13)11-20-7-2-8-20/h1,3-6,9-10H,2,7-8,11H2. The van der Waals surface area contributed by atoms with Crippen LogP contribution in [-0.2, 0) is 6.54 Å². The van der Waals surface area contributed by atoms with E-state index in [4.69, 9.17) is 11.6 Å². The van der Waals surface area contributed by atoms with E-state index >= 15 is 0 Å². The number of benzene rings is 2. The summed E-state index contributed by atoms with van der Waals surface area (Å²) in [5.41, 5.74) is 2.13. The summed E-state index contributed by atoms with van der Waals surface area (Å²) in [6.45, 7) is 3.10. The van der Waals surface area contributed by atoms with Crippen molar-refractivity contribution in [3.63, 3.8) is 0 Å². The Hall–Kier alpha value is -1.71. The van der Waals surface area contributed by atoms with Gasteiger partial charge in [-0.2, -0.15) is 0 Å². The maximum Gasteiger partial charge on any atom is 0.193 e. The van der Waals surface area contributed by atoms with Gasteiger partial charge in [0.05, 0.1) is 5.02 Å². The van der Waals surface area contributed by atoms with Crippen LogP contribution in [0, 0.1) is 5.82 Å². The van der Waals surface area contributed by atoms with E-state index in [1.54, 1.807) is 6.07 Å². The lowest BCUT2D eigenvalue weighted by Crippen LogP contribution is -2.36. The lowest BCUT2D eigenvalue weighted by atomic mass is 10.0. The SMILES string of the molecule is O=C(c1cccc(CN2CCC2)c1)c1ccc(F)c(Cl)c1. The molecule has 2 nitrogen and oxygen atoms in total. The zero-order valence-electron chi connectivity index (χ0n) is 11.5. The van der Waals surface area contributed by atoms with Gasteiger partial charge in [-0.1, -0.05) is 29.8 Å². The lowest BCUT2D eigenvalue weighted by Gasteiger charge is -2.30. The molecule has 1 saturated heterocycles. The first-order chi connectivity index (χ1) is 10.1. The molecule has 0 unspecified atom stereocenters. The second kappa shape index (κ2) is 5.96. The Morgan fingerprint density at radius 2 is 1.90 bits per heavy atom. The van der Waals surface area contributed by atoms with Gasteiger partial charge in [-0.15, -0.1) is 0 Å². The molecule has 0 amide bonds. The summed E-state index contributed by atoms with van der Waals surface area (Å²) in [4.78, 5) is 14.8. The number of nitrogens with zero attached hydrogens (tertiary/aromatic N) is 1. The van der Waals surface area contributed by atoms with E-state index in [9.17, 15) is 9.18 Å². The first-order valence-corrected chi connectivity index (χ1v) is 7.32. The van der Waals surface area contributed by atoms with Crippen LogP contribution in [0.15, 0.2) is 42.5 Å². The molecule has 1 aliphatic rings. The Bertz CT molecular complexity index is 682. The molecular weight excluding hydrogens is 289 g/mol. The molecule has 1 fully saturated rings. The minimum absolute atomic E-state index is 0.0300. The third kappa shape index (κ3) is 3.14. The maximum atomic E-state index is 13.2. The molecular formula is C17H15ClFNO. The molecule has 1 aliphatic heterocycles. The zero-order valence-corrected chi connectivity index (χ0v) is 12.2. The number of ketones is 1. The Morgan fingerprint density at radius 3 is 2.57 bits per heavy atom. The summed E-state index contributed by atoms with van der Waals surface area (Å²) in [6.07, 6.45) is 1.24. The van der Waals surface area contributed by atoms with Gasteiger partial charge in [0.15, 0.2) is 5.78 Å². The topological polar surface area (TPSA) is 20.3 Å². The second-order valence-corrected chi connectivity index (χ2v) is 5.70. The van der Waals surface area contributed by atoms with Crippen LogP contribution in [0.25, 0.3) is 0 Å². The van der Waals surface area contributed by atoms with Gasteiger partial charge >= 0.3 is 0 Å². The summed E-state index contributed by atoms with van der Waals surface area (Å²) in [5.74, 6) is -0.651. The highest BCUT2D eigenvalue weighted by atomic mass is 35.5. The smallest absolute Gasteiger partial charge is 0.193 e. The van der Waals surface area contributed by atoms with Crippen molar-refractivity contribution in [1.29, 1.82) is 0 Å². The molecule has 3 rings (SSSR count). The van der Waals surface area contributed by atoms with Crippen LogP contribution < -0.4 is 0 Å². The molecule has 0 atom stereocenters. The van der Waals surface area contributed by atoms with Gasteiger partial charge in [0, 0.05) is 17.7 Å². The molecule has 0 saturated carbocycles. The molecule has 0 aromatic heterocycles. The monoisotopic (exact) mass is 303 g/mol. The van der Waals surface area contributed by atoms with Gasteiger partial charge in [0.25, 0.3) is 0 Å². The fourth-order valence-electron chi connectivity index (χ4n) is 2.41. The molecule has 2 aromatic rings. The number of carbonyl (C=O) groups excluding carboxylic acids is 1. The van der Waals surface area contributed by atoms with Gasteiger partial charge < -0.3 is 0 Å². The number of halogens is 2. The number of likely N-dealkylation sites (tertiary alicyclic amines) is 1. The summed E-state index contributed by atoms with van der Waals surface area (Å²) in [6, 6.07) is 11.6. The van der Waals surface area contributed by atoms with Crippen molar-refractivity contribution < 1.29 is 9.18 Å². The predicted molar refractivity (Wildman–Crippen MR) is 81.2 cm³/mol. The first kappa shape index (κ1) is 14.2. The van der Waals surface area contributed by atoms with Crippen molar-refractivity contribution >= 4 is 17.4 Å². The van der Waals surface area contributed by atoms with Gasteiger partial charge in [0.1, 0.15) is 5.82 Å². The Morgan fingerprint density at radius 1 is 1.14 bits per heavy atom. The van der Waals surface area contributed by atoms with E-state index in [2.05, 4.69) is 4.90 Å². The van der Waals surface area contributed by atoms with Gasteiger partial charge in [-0.3, -0.25) is 9.69 Å². The third-order valence-corrected chi connectivity index (χ3v) is 4.02. The lowest BCUT2D eigenvalue weighted by molar-refractivity contribution is 0.103. The minimum Gasteiger partial charge on any atom is -0.299 e. The second-order valence-electron chi connectivity index (χ2n) is 5.29. The zero-order chi connectivity index (χ0) is 14.8. The quantitative estimate of drug-likeness (QED) is 0.798. The van der Waals surface area contributed by atoms with Gasteiger partial charge in [0.2, 0.25) is 0 Å². The number of hydrogen-bond acceptors (Lipinski definition) is 2. The molecule has 0 N–H and O–H groups in total. The van der Waals surface area contributed by atoms with Crippen LogP contribution in [0.3, 0.4) is 0 Å². The Kier molecular flexibility index (Phi) is 4.04. The van der Waals surface area contributed by atoms with E-state index < -0.39 is 5.82 Å². The Balaban J connectivity index is 1.83. The van der Waals surface area contributed by atoms with Crippen LogP contribution in [0.2, 0.25) is 5.02 Å². The normalized spacial score (nSPS) is 14.8. The largest absolute Gasteiger partial charge is 0.299 e.